The summed E-state index contributed by atoms with van der Waals surface area (Å²) >= 11 is 1.55. The van der Waals surface area contributed by atoms with E-state index in [-0.39, 0.29) is 17.8 Å². The van der Waals surface area contributed by atoms with Crippen LogP contribution in [0.25, 0.3) is 16.3 Å². The number of aromatic nitrogens is 4. The lowest BCUT2D eigenvalue weighted by molar-refractivity contribution is -0.166. The van der Waals surface area contributed by atoms with Crippen molar-refractivity contribution in [1.82, 2.24) is 19.6 Å². The number of carbonyl (C=O) groups is 1. The Labute approximate surface area is 250 Å². The quantitative estimate of drug-likeness (QED) is 0.205. The number of anilines is 1. The van der Waals surface area contributed by atoms with Crippen molar-refractivity contribution in [3.05, 3.63) is 64.0 Å². The average Bonchev–Trinajstić information content (AvgIpc) is 3.55. The van der Waals surface area contributed by atoms with Gasteiger partial charge in [-0.15, -0.1) is 11.3 Å². The fourth-order valence-corrected chi connectivity index (χ4v) is 6.16. The maximum atomic E-state index is 13.4. The highest BCUT2D eigenvalue weighted by molar-refractivity contribution is 7.15. The molecule has 0 bridgehead atoms. The highest BCUT2D eigenvalue weighted by Gasteiger charge is 2.37. The smallest absolute Gasteiger partial charge is 0.340 e. The predicted molar refractivity (Wildman–Crippen MR) is 163 cm³/mol. The van der Waals surface area contributed by atoms with Gasteiger partial charge in [-0.1, -0.05) is 26.0 Å². The molecule has 0 radical (unpaired) electrons. The van der Waals surface area contributed by atoms with Gasteiger partial charge in [0, 0.05) is 42.3 Å². The monoisotopic (exact) mass is 593 g/mol. The maximum absolute atomic E-state index is 13.4. The second-order valence-corrected chi connectivity index (χ2v) is 13.8. The van der Waals surface area contributed by atoms with Gasteiger partial charge in [0.25, 0.3) is 0 Å². The highest BCUT2D eigenvalue weighted by atomic mass is 32.1. The molecular formula is C32H40FN5O3S. The number of hydrogen-bond donors (Lipinski definition) is 0. The van der Waals surface area contributed by atoms with E-state index in [4.69, 9.17) is 19.6 Å². The van der Waals surface area contributed by atoms with Crippen LogP contribution in [-0.4, -0.2) is 50.8 Å². The number of benzene rings is 1. The van der Waals surface area contributed by atoms with Gasteiger partial charge in [-0.25, -0.2) is 19.2 Å². The highest BCUT2D eigenvalue weighted by Crippen LogP contribution is 2.39. The Hall–Kier alpha value is -3.37. The third kappa shape index (κ3) is 6.65. The molecule has 4 heterocycles. The predicted octanol–water partition coefficient (Wildman–Crippen LogP) is 6.94. The molecule has 0 aliphatic carbocycles. The third-order valence-corrected chi connectivity index (χ3v) is 8.54. The molecular weight excluding hydrogens is 553 g/mol. The molecule has 224 valence electrons. The summed E-state index contributed by atoms with van der Waals surface area (Å²) in [7, 11) is 0. The van der Waals surface area contributed by atoms with Crippen molar-refractivity contribution in [2.75, 3.05) is 24.6 Å². The van der Waals surface area contributed by atoms with Gasteiger partial charge in [-0.3, -0.25) is 0 Å². The van der Waals surface area contributed by atoms with E-state index >= 15 is 0 Å². The SMILES string of the molecule is CCOC(=O)C(OC(C)(C)C)c1c(C)nc2cc(-c3ncc(Cc4ccc(F)cc4)s3)nn2c1N1CCC(C)(C)CC1. The lowest BCUT2D eigenvalue weighted by Crippen LogP contribution is -2.40. The van der Waals surface area contributed by atoms with E-state index < -0.39 is 17.7 Å². The number of ether oxygens (including phenoxy) is 2. The first-order chi connectivity index (χ1) is 19.8. The number of hydrogen-bond acceptors (Lipinski definition) is 8. The summed E-state index contributed by atoms with van der Waals surface area (Å²) in [6.07, 6.45) is 3.56. The van der Waals surface area contributed by atoms with Gasteiger partial charge in [-0.2, -0.15) is 9.61 Å². The van der Waals surface area contributed by atoms with Crippen LogP contribution in [0, 0.1) is 18.2 Å². The number of rotatable bonds is 8. The van der Waals surface area contributed by atoms with E-state index in [1.54, 1.807) is 30.4 Å². The lowest BCUT2D eigenvalue weighted by Gasteiger charge is -2.39. The molecule has 1 aliphatic rings. The lowest BCUT2D eigenvalue weighted by atomic mass is 9.82. The molecule has 0 saturated carbocycles. The van der Waals surface area contributed by atoms with Gasteiger partial charge in [0.05, 0.1) is 17.8 Å². The van der Waals surface area contributed by atoms with Crippen LogP contribution >= 0.6 is 11.3 Å². The van der Waals surface area contributed by atoms with Crippen molar-refractivity contribution in [3.63, 3.8) is 0 Å². The summed E-state index contributed by atoms with van der Waals surface area (Å²) in [4.78, 5) is 26.3. The van der Waals surface area contributed by atoms with Crippen molar-refractivity contribution in [2.45, 2.75) is 79.4 Å². The standard InChI is InChI=1S/C32H40FN5O3S/c1-8-40-30(39)27(41-31(3,4)5)26-20(2)35-25-18-24(36-38(25)29(26)37-15-13-32(6,7)14-16-37)28-34-19-23(42-28)17-21-9-11-22(33)12-10-21/h9-12,18-19,27H,8,13-17H2,1-7H3. The van der Waals surface area contributed by atoms with Gasteiger partial charge in [0.2, 0.25) is 0 Å². The van der Waals surface area contributed by atoms with Crippen LogP contribution in [0.2, 0.25) is 0 Å². The Balaban J connectivity index is 1.60. The normalized spacial score (nSPS) is 16.1. The van der Waals surface area contributed by atoms with Crippen LogP contribution in [0.4, 0.5) is 10.2 Å². The zero-order valence-electron chi connectivity index (χ0n) is 25.5. The molecule has 3 aromatic heterocycles. The van der Waals surface area contributed by atoms with Crippen LogP contribution in [0.3, 0.4) is 0 Å². The minimum atomic E-state index is -0.957. The summed E-state index contributed by atoms with van der Waals surface area (Å²) < 4.78 is 27.1. The summed E-state index contributed by atoms with van der Waals surface area (Å²) in [5, 5.41) is 5.79. The second kappa shape index (κ2) is 11.7. The summed E-state index contributed by atoms with van der Waals surface area (Å²) in [5.41, 5.74) is 3.42. The molecule has 42 heavy (non-hydrogen) atoms. The number of halogens is 1. The summed E-state index contributed by atoms with van der Waals surface area (Å²) in [5.74, 6) is 0.124. The third-order valence-electron chi connectivity index (χ3n) is 7.52. The molecule has 0 spiro atoms. The molecule has 1 saturated heterocycles. The molecule has 1 unspecified atom stereocenters. The van der Waals surface area contributed by atoms with Gasteiger partial charge >= 0.3 is 5.97 Å². The molecule has 1 fully saturated rings. The summed E-state index contributed by atoms with van der Waals surface area (Å²) in [6, 6.07) is 8.47. The first kappa shape index (κ1) is 30.1. The van der Waals surface area contributed by atoms with Crippen molar-refractivity contribution < 1.29 is 18.7 Å². The van der Waals surface area contributed by atoms with Gasteiger partial charge in [0.15, 0.2) is 11.8 Å². The fraction of sp³-hybridized carbons (Fsp3) is 0.500. The molecule has 5 rings (SSSR count). The molecule has 1 atom stereocenters. The number of piperidine rings is 1. The second-order valence-electron chi connectivity index (χ2n) is 12.7. The number of aryl methyl sites for hydroxylation is 1. The molecule has 0 N–H and O–H groups in total. The Morgan fingerprint density at radius 2 is 1.86 bits per heavy atom. The van der Waals surface area contributed by atoms with Crippen LogP contribution in [0.1, 0.15) is 82.2 Å². The van der Waals surface area contributed by atoms with E-state index in [2.05, 4.69) is 23.7 Å². The van der Waals surface area contributed by atoms with Crippen LogP contribution < -0.4 is 4.90 Å². The van der Waals surface area contributed by atoms with Gasteiger partial charge in [-0.05, 0) is 70.6 Å². The minimum Gasteiger partial charge on any atom is -0.464 e. The van der Waals surface area contributed by atoms with Crippen molar-refractivity contribution >= 4 is 28.8 Å². The van der Waals surface area contributed by atoms with E-state index in [0.717, 1.165) is 47.2 Å². The number of thiazole rings is 1. The van der Waals surface area contributed by atoms with Crippen LogP contribution in [0.5, 0.6) is 0 Å². The first-order valence-corrected chi connectivity index (χ1v) is 15.3. The minimum absolute atomic E-state index is 0.234. The van der Waals surface area contributed by atoms with E-state index in [9.17, 15) is 9.18 Å². The van der Waals surface area contributed by atoms with Gasteiger partial charge in [0.1, 0.15) is 22.3 Å². The van der Waals surface area contributed by atoms with Crippen molar-refractivity contribution in [3.8, 4) is 10.7 Å². The van der Waals surface area contributed by atoms with Crippen molar-refractivity contribution in [1.29, 1.82) is 0 Å². The maximum Gasteiger partial charge on any atom is 0.340 e. The zero-order valence-corrected chi connectivity index (χ0v) is 26.3. The largest absolute Gasteiger partial charge is 0.464 e. The van der Waals surface area contributed by atoms with E-state index in [1.807, 2.05) is 44.5 Å². The zero-order chi connectivity index (χ0) is 30.2. The van der Waals surface area contributed by atoms with Gasteiger partial charge < -0.3 is 14.4 Å². The first-order valence-electron chi connectivity index (χ1n) is 14.5. The average molecular weight is 594 g/mol. The van der Waals surface area contributed by atoms with Crippen LogP contribution in [0.15, 0.2) is 36.5 Å². The number of fused-ring (bicyclic) bond motifs is 1. The van der Waals surface area contributed by atoms with E-state index in [1.165, 1.54) is 12.1 Å². The summed E-state index contributed by atoms with van der Waals surface area (Å²) in [6.45, 7) is 16.0. The number of esters is 1. The van der Waals surface area contributed by atoms with Crippen molar-refractivity contribution in [2.24, 2.45) is 5.41 Å². The molecule has 8 nitrogen and oxygen atoms in total. The Bertz CT molecular complexity index is 1560. The Morgan fingerprint density at radius 3 is 2.50 bits per heavy atom. The topological polar surface area (TPSA) is 81.8 Å². The van der Waals surface area contributed by atoms with Crippen LogP contribution in [-0.2, 0) is 20.7 Å². The number of carbonyl (C=O) groups excluding carboxylic acids is 1. The molecule has 10 heteroatoms. The molecule has 1 aliphatic heterocycles. The van der Waals surface area contributed by atoms with E-state index in [0.29, 0.717) is 29.0 Å². The molecule has 4 aromatic rings. The molecule has 1 aromatic carbocycles. The Morgan fingerprint density at radius 1 is 1.17 bits per heavy atom. The number of nitrogens with zero attached hydrogens (tertiary/aromatic N) is 5. The molecule has 0 amide bonds. The Kier molecular flexibility index (Phi) is 8.40. The fourth-order valence-electron chi connectivity index (χ4n) is 5.26.